The average Bonchev–Trinajstić information content (AvgIpc) is 3.18. The van der Waals surface area contributed by atoms with Crippen LogP contribution in [0, 0.1) is 12.7 Å². The average molecular weight is 504 g/mol. The lowest BCUT2D eigenvalue weighted by atomic mass is 9.79. The minimum atomic E-state index is -0.370. The fourth-order valence-corrected chi connectivity index (χ4v) is 6.15. The number of halogens is 2. The highest BCUT2D eigenvalue weighted by atomic mass is 35.5. The van der Waals surface area contributed by atoms with Gasteiger partial charge in [0.25, 0.3) is 5.91 Å². The lowest BCUT2D eigenvalue weighted by Gasteiger charge is -2.29. The Morgan fingerprint density at radius 3 is 2.72 bits per heavy atom. The van der Waals surface area contributed by atoms with Gasteiger partial charge in [-0.25, -0.2) is 8.91 Å². The third-order valence-corrected chi connectivity index (χ3v) is 7.76. The van der Waals surface area contributed by atoms with Gasteiger partial charge >= 0.3 is 0 Å². The Bertz CT molecular complexity index is 1560. The lowest BCUT2D eigenvalue weighted by Crippen LogP contribution is -2.33. The van der Waals surface area contributed by atoms with Crippen molar-refractivity contribution in [2.45, 2.75) is 52.0 Å². The number of nitrogens with one attached hydrogen (secondary N) is 1. The van der Waals surface area contributed by atoms with Gasteiger partial charge in [-0.2, -0.15) is 5.10 Å². The molecule has 2 atom stereocenters. The first-order chi connectivity index (χ1) is 17.3. The van der Waals surface area contributed by atoms with Gasteiger partial charge in [-0.05, 0) is 48.2 Å². The molecule has 1 aliphatic carbocycles. The molecule has 184 valence electrons. The molecular formula is C29H27ClFN3O2. The molecule has 0 spiro atoms. The number of fused-ring (bicyclic) bond motifs is 3. The zero-order valence-electron chi connectivity index (χ0n) is 20.7. The van der Waals surface area contributed by atoms with Gasteiger partial charge in [0.05, 0.1) is 40.1 Å². The van der Waals surface area contributed by atoms with E-state index in [2.05, 4.69) is 19.2 Å². The molecule has 5 nitrogen and oxygen atoms in total. The predicted octanol–water partition coefficient (Wildman–Crippen LogP) is 6.94. The highest BCUT2D eigenvalue weighted by Gasteiger charge is 2.34. The lowest BCUT2D eigenvalue weighted by molar-refractivity contribution is 0.0922. The summed E-state index contributed by atoms with van der Waals surface area (Å²) in [7, 11) is 0. The van der Waals surface area contributed by atoms with Crippen molar-refractivity contribution >= 4 is 23.0 Å². The van der Waals surface area contributed by atoms with Crippen molar-refractivity contribution in [3.05, 3.63) is 86.9 Å². The summed E-state index contributed by atoms with van der Waals surface area (Å²) in [6, 6.07) is 12.6. The Hall–Kier alpha value is -3.38. The van der Waals surface area contributed by atoms with Crippen LogP contribution in [0.15, 0.2) is 42.5 Å². The van der Waals surface area contributed by atoms with Crippen LogP contribution in [0.2, 0.25) is 5.02 Å². The van der Waals surface area contributed by atoms with Crippen LogP contribution in [0.25, 0.3) is 16.6 Å². The summed E-state index contributed by atoms with van der Waals surface area (Å²) in [5, 5.41) is 8.53. The van der Waals surface area contributed by atoms with E-state index in [4.69, 9.17) is 21.4 Å². The molecule has 1 amide bonds. The molecule has 0 bridgehead atoms. The van der Waals surface area contributed by atoms with Crippen LogP contribution in [0.1, 0.15) is 83.5 Å². The summed E-state index contributed by atoms with van der Waals surface area (Å²) < 4.78 is 22.1. The third-order valence-electron chi connectivity index (χ3n) is 7.46. The molecule has 0 fully saturated rings. The van der Waals surface area contributed by atoms with Gasteiger partial charge in [-0.3, -0.25) is 4.79 Å². The highest BCUT2D eigenvalue weighted by Crippen LogP contribution is 2.49. The van der Waals surface area contributed by atoms with E-state index in [1.165, 1.54) is 6.07 Å². The number of aromatic nitrogens is 2. The number of para-hydroxylation sites is 1. The molecular weight excluding hydrogens is 477 g/mol. The molecule has 1 unspecified atom stereocenters. The van der Waals surface area contributed by atoms with E-state index in [-0.39, 0.29) is 29.6 Å². The summed E-state index contributed by atoms with van der Waals surface area (Å²) in [4.78, 5) is 13.9. The fraction of sp³-hybridized carbons (Fsp3) is 0.310. The van der Waals surface area contributed by atoms with Gasteiger partial charge in [-0.15, -0.1) is 0 Å². The number of rotatable bonds is 3. The number of benzene rings is 2. The second-order valence-corrected chi connectivity index (χ2v) is 10.5. The van der Waals surface area contributed by atoms with E-state index in [1.54, 1.807) is 6.07 Å². The summed E-state index contributed by atoms with van der Waals surface area (Å²) >= 11 is 6.58. The number of pyridine rings is 1. The number of carbonyl (C=O) groups is 1. The van der Waals surface area contributed by atoms with Crippen molar-refractivity contribution < 1.29 is 13.9 Å². The van der Waals surface area contributed by atoms with Crippen molar-refractivity contribution in [3.8, 4) is 16.9 Å². The van der Waals surface area contributed by atoms with Crippen LogP contribution >= 0.6 is 11.6 Å². The minimum absolute atomic E-state index is 0.0364. The minimum Gasteiger partial charge on any atom is -0.493 e. The number of ether oxygens (including phenoxy) is 1. The number of hydrogen-bond acceptors (Lipinski definition) is 3. The molecule has 1 N–H and O–H groups in total. The normalized spacial score (nSPS) is 18.1. The largest absolute Gasteiger partial charge is 0.493 e. The van der Waals surface area contributed by atoms with Crippen LogP contribution in [-0.4, -0.2) is 22.1 Å². The number of amides is 1. The van der Waals surface area contributed by atoms with Gasteiger partial charge in [0.15, 0.2) is 0 Å². The predicted molar refractivity (Wildman–Crippen MR) is 139 cm³/mol. The number of carbonyl (C=O) groups excluding carboxylic acids is 1. The molecule has 2 aromatic carbocycles. The highest BCUT2D eigenvalue weighted by molar-refractivity contribution is 6.34. The van der Waals surface area contributed by atoms with Crippen LogP contribution in [-0.2, 0) is 0 Å². The molecule has 36 heavy (non-hydrogen) atoms. The van der Waals surface area contributed by atoms with Crippen LogP contribution in [0.5, 0.6) is 5.75 Å². The van der Waals surface area contributed by atoms with Gasteiger partial charge in [-0.1, -0.05) is 50.6 Å². The van der Waals surface area contributed by atoms with Crippen molar-refractivity contribution in [1.82, 2.24) is 14.9 Å². The van der Waals surface area contributed by atoms with Crippen molar-refractivity contribution in [3.63, 3.8) is 0 Å². The number of nitrogens with zero attached hydrogens (tertiary/aromatic N) is 2. The molecule has 3 heterocycles. The second kappa shape index (κ2) is 8.34. The second-order valence-electron chi connectivity index (χ2n) is 10.0. The maximum Gasteiger partial charge on any atom is 0.253 e. The quantitative estimate of drug-likeness (QED) is 0.329. The maximum atomic E-state index is 14.4. The van der Waals surface area contributed by atoms with E-state index < -0.39 is 0 Å². The Balaban J connectivity index is 1.54. The smallest absolute Gasteiger partial charge is 0.253 e. The molecule has 0 saturated carbocycles. The first-order valence-electron chi connectivity index (χ1n) is 12.3. The number of aryl methyl sites for hydroxylation is 1. The zero-order valence-corrected chi connectivity index (χ0v) is 21.4. The SMILES string of the molecule is Cc1nn2c(C(C)C)c(C(=O)N[C@H]3CCOc4ccccc43)cc3c2c1-c1c(Cl)cc(F)cc1C3C. The van der Waals surface area contributed by atoms with Crippen molar-refractivity contribution in [2.24, 2.45) is 0 Å². The molecule has 4 aromatic rings. The number of hydrogen-bond donors (Lipinski definition) is 1. The van der Waals surface area contributed by atoms with Crippen molar-refractivity contribution in [1.29, 1.82) is 0 Å². The molecule has 7 heteroatoms. The molecule has 1 aliphatic heterocycles. The summed E-state index contributed by atoms with van der Waals surface area (Å²) in [5.41, 5.74) is 7.66. The van der Waals surface area contributed by atoms with E-state index in [0.29, 0.717) is 23.6 Å². The van der Waals surface area contributed by atoms with Crippen LogP contribution in [0.3, 0.4) is 0 Å². The first-order valence-corrected chi connectivity index (χ1v) is 12.7. The maximum absolute atomic E-state index is 14.4. The molecule has 2 aromatic heterocycles. The fourth-order valence-electron chi connectivity index (χ4n) is 5.84. The standard InChI is InChI=1S/C29H27ClFN3O2/c1-14(2)27-21(29(35)32-23-9-10-36-24-8-6-5-7-18(23)24)13-20-15(3)19-11-17(31)12-22(30)26(19)25-16(4)33-34(27)28(20)25/h5-8,11-15,23H,9-10H2,1-4H3,(H,32,35)/t15?,23-/m0/s1. The van der Waals surface area contributed by atoms with E-state index in [1.807, 2.05) is 48.7 Å². The van der Waals surface area contributed by atoms with E-state index >= 15 is 0 Å². The third kappa shape index (κ3) is 3.34. The molecule has 0 saturated heterocycles. The molecule has 0 radical (unpaired) electrons. The van der Waals surface area contributed by atoms with Gasteiger partial charge in [0.2, 0.25) is 0 Å². The first kappa shape index (κ1) is 23.0. The summed E-state index contributed by atoms with van der Waals surface area (Å²) in [5.74, 6) is 0.166. The summed E-state index contributed by atoms with van der Waals surface area (Å²) in [6.07, 6.45) is 0.696. The Labute approximate surface area is 214 Å². The zero-order chi connectivity index (χ0) is 25.3. The van der Waals surface area contributed by atoms with Crippen molar-refractivity contribution in [2.75, 3.05) is 6.61 Å². The Kier molecular flexibility index (Phi) is 5.34. The monoisotopic (exact) mass is 503 g/mol. The Morgan fingerprint density at radius 1 is 1.17 bits per heavy atom. The van der Waals surface area contributed by atoms with Gasteiger partial charge < -0.3 is 10.1 Å². The van der Waals surface area contributed by atoms with Gasteiger partial charge in [0.1, 0.15) is 11.6 Å². The molecule has 6 rings (SSSR count). The van der Waals surface area contributed by atoms with Gasteiger partial charge in [0, 0.05) is 29.0 Å². The Morgan fingerprint density at radius 2 is 1.94 bits per heavy atom. The van der Waals surface area contributed by atoms with Crippen LogP contribution < -0.4 is 10.1 Å². The topological polar surface area (TPSA) is 55.6 Å². The van der Waals surface area contributed by atoms with Crippen LogP contribution in [0.4, 0.5) is 4.39 Å². The van der Waals surface area contributed by atoms with E-state index in [9.17, 15) is 9.18 Å². The molecule has 2 aliphatic rings. The summed E-state index contributed by atoms with van der Waals surface area (Å²) in [6.45, 7) is 8.65. The van der Waals surface area contributed by atoms with E-state index in [0.717, 1.165) is 50.5 Å².